The lowest BCUT2D eigenvalue weighted by molar-refractivity contribution is -0.138. The summed E-state index contributed by atoms with van der Waals surface area (Å²) in [5, 5.41) is 4.71. The van der Waals surface area contributed by atoms with E-state index in [1.54, 1.807) is 11.0 Å². The van der Waals surface area contributed by atoms with Crippen LogP contribution in [0.3, 0.4) is 0 Å². The number of hydrogen-bond donors (Lipinski definition) is 2. The van der Waals surface area contributed by atoms with Gasteiger partial charge in [0.15, 0.2) is 0 Å². The molecule has 4 rings (SSSR count). The summed E-state index contributed by atoms with van der Waals surface area (Å²) in [5.41, 5.74) is 1.46. The fourth-order valence-corrected chi connectivity index (χ4v) is 4.28. The zero-order valence-corrected chi connectivity index (χ0v) is 16.5. The molecule has 3 heterocycles. The van der Waals surface area contributed by atoms with Crippen molar-refractivity contribution in [1.82, 2.24) is 20.2 Å². The minimum Gasteiger partial charge on any atom is -0.347 e. The molecule has 0 aliphatic carbocycles. The Labute approximate surface area is 174 Å². The number of amides is 2. The molecule has 2 N–H and O–H groups in total. The van der Waals surface area contributed by atoms with E-state index >= 15 is 0 Å². The summed E-state index contributed by atoms with van der Waals surface area (Å²) in [6.07, 6.45) is -2.35. The first-order valence-electron chi connectivity index (χ1n) is 9.21. The number of rotatable bonds is 4. The van der Waals surface area contributed by atoms with Gasteiger partial charge in [-0.25, -0.2) is 9.97 Å². The fraction of sp³-hybridized carbons (Fsp3) is 0.368. The Hall–Kier alpha value is -2.88. The number of benzene rings is 1. The van der Waals surface area contributed by atoms with Crippen molar-refractivity contribution in [2.75, 3.05) is 11.9 Å². The van der Waals surface area contributed by atoms with E-state index in [2.05, 4.69) is 20.6 Å². The number of nitrogens with zero attached hydrogens (tertiary/aromatic N) is 3. The third-order valence-electron chi connectivity index (χ3n) is 5.27. The smallest absolute Gasteiger partial charge is 0.347 e. The van der Waals surface area contributed by atoms with Crippen molar-refractivity contribution in [2.24, 2.45) is 0 Å². The van der Waals surface area contributed by atoms with Gasteiger partial charge < -0.3 is 15.5 Å². The van der Waals surface area contributed by atoms with Crippen molar-refractivity contribution in [3.63, 3.8) is 0 Å². The van der Waals surface area contributed by atoms with E-state index in [0.29, 0.717) is 11.9 Å². The molecule has 11 heteroatoms. The lowest BCUT2D eigenvalue weighted by Crippen LogP contribution is -2.37. The van der Waals surface area contributed by atoms with Crippen LogP contribution in [0.2, 0.25) is 5.15 Å². The summed E-state index contributed by atoms with van der Waals surface area (Å²) < 4.78 is 38.4. The summed E-state index contributed by atoms with van der Waals surface area (Å²) in [6, 6.07) is 5.33. The average molecular weight is 440 g/mol. The van der Waals surface area contributed by atoms with Crippen LogP contribution in [0.5, 0.6) is 0 Å². The first-order chi connectivity index (χ1) is 14.1. The molecule has 2 aromatic rings. The first-order valence-corrected chi connectivity index (χ1v) is 9.59. The zero-order chi connectivity index (χ0) is 21.6. The number of fused-ring (bicyclic) bond motifs is 5. The van der Waals surface area contributed by atoms with Crippen LogP contribution in [0.4, 0.5) is 24.8 Å². The highest BCUT2D eigenvalue weighted by molar-refractivity contribution is 6.30. The largest absolute Gasteiger partial charge is 0.420 e. The maximum atomic E-state index is 12.8. The summed E-state index contributed by atoms with van der Waals surface area (Å²) in [6.45, 7) is 1.30. The number of aromatic nitrogens is 2. The van der Waals surface area contributed by atoms with Crippen LogP contribution >= 0.6 is 11.6 Å². The third kappa shape index (κ3) is 3.67. The van der Waals surface area contributed by atoms with E-state index in [0.717, 1.165) is 24.0 Å². The Morgan fingerprint density at radius 1 is 1.23 bits per heavy atom. The Morgan fingerprint density at radius 2 is 1.93 bits per heavy atom. The molecule has 1 saturated heterocycles. The van der Waals surface area contributed by atoms with Crippen molar-refractivity contribution in [3.05, 3.63) is 46.2 Å². The van der Waals surface area contributed by atoms with E-state index in [4.69, 9.17) is 11.6 Å². The highest BCUT2D eigenvalue weighted by atomic mass is 35.5. The van der Waals surface area contributed by atoms with Gasteiger partial charge >= 0.3 is 6.18 Å². The third-order valence-corrected chi connectivity index (χ3v) is 5.56. The highest BCUT2D eigenvalue weighted by Gasteiger charge is 2.46. The van der Waals surface area contributed by atoms with Crippen molar-refractivity contribution >= 4 is 35.1 Å². The van der Waals surface area contributed by atoms with Crippen molar-refractivity contribution in [1.29, 1.82) is 0 Å². The summed E-state index contributed by atoms with van der Waals surface area (Å²) >= 11 is 5.65. The molecule has 0 radical (unpaired) electrons. The first kappa shape index (κ1) is 20.4. The van der Waals surface area contributed by atoms with E-state index in [-0.39, 0.29) is 36.4 Å². The lowest BCUT2D eigenvalue weighted by Gasteiger charge is -2.22. The molecular formula is C19H17ClF3N5O2. The fourth-order valence-electron chi connectivity index (χ4n) is 4.05. The molecule has 158 valence electrons. The van der Waals surface area contributed by atoms with Gasteiger partial charge in [-0.3, -0.25) is 9.59 Å². The normalized spacial score (nSPS) is 19.6. The molecule has 2 atom stereocenters. The zero-order valence-electron chi connectivity index (χ0n) is 15.8. The molecule has 1 aromatic carbocycles. The Morgan fingerprint density at radius 3 is 2.57 bits per heavy atom. The van der Waals surface area contributed by atoms with Gasteiger partial charge in [0.1, 0.15) is 10.7 Å². The molecule has 30 heavy (non-hydrogen) atoms. The van der Waals surface area contributed by atoms with Gasteiger partial charge in [0, 0.05) is 18.8 Å². The molecular weight excluding hydrogens is 423 g/mol. The molecule has 2 aliphatic heterocycles. The number of alkyl halides is 3. The molecule has 1 aromatic heterocycles. The van der Waals surface area contributed by atoms with Crippen LogP contribution in [0.25, 0.3) is 0 Å². The predicted molar refractivity (Wildman–Crippen MR) is 102 cm³/mol. The van der Waals surface area contributed by atoms with Crippen LogP contribution in [-0.4, -0.2) is 33.2 Å². The number of anilines is 2. The molecule has 2 amide bonds. The predicted octanol–water partition coefficient (Wildman–Crippen LogP) is 3.75. The molecule has 2 bridgehead atoms. The quantitative estimate of drug-likeness (QED) is 0.708. The lowest BCUT2D eigenvalue weighted by atomic mass is 9.91. The van der Waals surface area contributed by atoms with Crippen molar-refractivity contribution in [2.45, 2.75) is 38.0 Å². The van der Waals surface area contributed by atoms with Crippen LogP contribution in [0.15, 0.2) is 24.4 Å². The van der Waals surface area contributed by atoms with Gasteiger partial charge in [0.25, 0.3) is 0 Å². The molecule has 1 fully saturated rings. The van der Waals surface area contributed by atoms with Gasteiger partial charge in [0.05, 0.1) is 18.6 Å². The standard InChI is InChI=1S/C19H17ClF3N5O2/c1-9(29)24-8-16(30)28-14-4-5-15(28)12-6-10(2-3-11(12)14)26-18-25-7-13(17(20)27-18)19(21,22)23/h2-3,6-7,14-15H,4-5,8H2,1H3,(H,24,29)(H,25,26,27)/t14-,15+/m0/s1. The molecule has 0 spiro atoms. The van der Waals surface area contributed by atoms with Crippen LogP contribution < -0.4 is 10.6 Å². The highest BCUT2D eigenvalue weighted by Crippen LogP contribution is 2.53. The minimum absolute atomic E-state index is 0.0444. The van der Waals surface area contributed by atoms with E-state index in [1.807, 2.05) is 12.1 Å². The van der Waals surface area contributed by atoms with Gasteiger partial charge in [0.2, 0.25) is 17.8 Å². The topological polar surface area (TPSA) is 87.2 Å². The molecule has 7 nitrogen and oxygen atoms in total. The molecule has 0 unspecified atom stereocenters. The number of carbonyl (C=O) groups is 2. The monoisotopic (exact) mass is 439 g/mol. The van der Waals surface area contributed by atoms with Crippen LogP contribution in [0, 0.1) is 0 Å². The number of carbonyl (C=O) groups excluding carboxylic acids is 2. The van der Waals surface area contributed by atoms with Gasteiger partial charge in [-0.2, -0.15) is 13.2 Å². The molecule has 2 aliphatic rings. The van der Waals surface area contributed by atoms with Crippen LogP contribution in [0.1, 0.15) is 48.5 Å². The second kappa shape index (κ2) is 7.42. The maximum absolute atomic E-state index is 12.8. The van der Waals surface area contributed by atoms with Crippen molar-refractivity contribution < 1.29 is 22.8 Å². The van der Waals surface area contributed by atoms with Gasteiger partial charge in [-0.05, 0) is 36.1 Å². The van der Waals surface area contributed by atoms with Crippen molar-refractivity contribution in [3.8, 4) is 0 Å². The summed E-state index contributed by atoms with van der Waals surface area (Å²) in [7, 11) is 0. The minimum atomic E-state index is -4.63. The Kier molecular flexibility index (Phi) is 5.05. The number of hydrogen-bond acceptors (Lipinski definition) is 5. The second-order valence-corrected chi connectivity index (χ2v) is 7.54. The number of halogens is 4. The number of nitrogens with one attached hydrogen (secondary N) is 2. The summed E-state index contributed by atoms with van der Waals surface area (Å²) in [5.74, 6) is -0.481. The average Bonchev–Trinajstić information content (AvgIpc) is 3.22. The molecule has 0 saturated carbocycles. The SMILES string of the molecule is CC(=O)NCC(=O)N1[C@@H]2CC[C@H]1c1ccc(Nc3ncc(C(F)(F)F)c(Cl)n3)cc12. The Bertz CT molecular complexity index is 1030. The van der Waals surface area contributed by atoms with E-state index < -0.39 is 16.9 Å². The Balaban J connectivity index is 1.54. The van der Waals surface area contributed by atoms with Gasteiger partial charge in [-0.1, -0.05) is 17.7 Å². The van der Waals surface area contributed by atoms with Crippen LogP contribution in [-0.2, 0) is 15.8 Å². The van der Waals surface area contributed by atoms with E-state index in [9.17, 15) is 22.8 Å². The second-order valence-electron chi connectivity index (χ2n) is 7.18. The maximum Gasteiger partial charge on any atom is 0.420 e. The summed E-state index contributed by atoms with van der Waals surface area (Å²) in [4.78, 5) is 32.8. The van der Waals surface area contributed by atoms with Gasteiger partial charge in [-0.15, -0.1) is 0 Å². The van der Waals surface area contributed by atoms with E-state index in [1.165, 1.54) is 6.92 Å².